The van der Waals surface area contributed by atoms with Crippen LogP contribution in [0.2, 0.25) is 0 Å². The molecule has 0 unspecified atom stereocenters. The number of aromatic nitrogens is 2. The van der Waals surface area contributed by atoms with Gasteiger partial charge in [-0.1, -0.05) is 46.9 Å². The average molecular weight is 322 g/mol. The molecule has 2 rings (SSSR count). The van der Waals surface area contributed by atoms with E-state index in [1.54, 1.807) is 19.2 Å². The van der Waals surface area contributed by atoms with Crippen molar-refractivity contribution in [2.45, 2.75) is 16.3 Å². The number of aryl methyl sites for hydroxylation is 1. The van der Waals surface area contributed by atoms with Crippen molar-refractivity contribution in [2.24, 2.45) is 7.05 Å². The molecule has 19 heavy (non-hydrogen) atoms. The predicted molar refractivity (Wildman–Crippen MR) is 77.0 cm³/mol. The van der Waals surface area contributed by atoms with E-state index < -0.39 is 9.90 Å². The lowest BCUT2D eigenvalue weighted by Gasteiger charge is -2.18. The van der Waals surface area contributed by atoms with Gasteiger partial charge in [0.2, 0.25) is 3.79 Å². The number of para-hydroxylation sites is 2. The molecule has 0 radical (unpaired) electrons. The molecule has 1 atom stereocenters. The summed E-state index contributed by atoms with van der Waals surface area (Å²) in [4.78, 5) is 16.3. The summed E-state index contributed by atoms with van der Waals surface area (Å²) in [7, 11) is 1.64. The third-order valence-corrected chi connectivity index (χ3v) is 3.57. The van der Waals surface area contributed by atoms with Gasteiger partial charge in [0.05, 0.1) is 11.0 Å². The highest BCUT2D eigenvalue weighted by molar-refractivity contribution is 6.68. The Labute approximate surface area is 124 Å². The molecule has 0 fully saturated rings. The van der Waals surface area contributed by atoms with Gasteiger partial charge >= 0.3 is 0 Å². The van der Waals surface area contributed by atoms with Crippen molar-refractivity contribution >= 4 is 45.8 Å². The van der Waals surface area contributed by atoms with E-state index in [1.807, 2.05) is 12.1 Å². The first-order valence-corrected chi connectivity index (χ1v) is 6.63. The van der Waals surface area contributed by atoms with Gasteiger partial charge in [-0.25, -0.2) is 4.98 Å². The van der Waals surface area contributed by atoms with E-state index in [4.69, 9.17) is 34.8 Å². The Hall–Kier alpha value is -0.810. The number of halogens is 3. The Balaban J connectivity index is 2.51. The Morgan fingerprint density at radius 3 is 2.63 bits per heavy atom. The Kier molecular flexibility index (Phi) is 4.06. The number of aliphatic hydroxyl groups is 1. The lowest BCUT2D eigenvalue weighted by atomic mass is 10.2. The van der Waals surface area contributed by atoms with E-state index in [9.17, 15) is 9.90 Å². The lowest BCUT2D eigenvalue weighted by Crippen LogP contribution is -2.32. The fraction of sp³-hybridized carbons (Fsp3) is 0.333. The highest BCUT2D eigenvalue weighted by Crippen LogP contribution is 2.31. The summed E-state index contributed by atoms with van der Waals surface area (Å²) in [5, 5.41) is 9.74. The van der Waals surface area contributed by atoms with Gasteiger partial charge in [0.25, 0.3) is 5.56 Å². The highest BCUT2D eigenvalue weighted by atomic mass is 35.6. The van der Waals surface area contributed by atoms with Crippen LogP contribution in [0.5, 0.6) is 0 Å². The minimum atomic E-state index is -1.85. The molecule has 7 heteroatoms. The fourth-order valence-corrected chi connectivity index (χ4v) is 2.00. The molecule has 0 aliphatic heterocycles. The molecule has 0 saturated carbocycles. The van der Waals surface area contributed by atoms with Crippen molar-refractivity contribution in [2.75, 3.05) is 0 Å². The molecule has 0 saturated heterocycles. The molecule has 102 valence electrons. The molecular weight excluding hydrogens is 311 g/mol. The maximum atomic E-state index is 12.1. The molecule has 0 bridgehead atoms. The number of nitrogens with zero attached hydrogens (tertiary/aromatic N) is 2. The second-order valence-corrected chi connectivity index (χ2v) is 6.54. The number of benzene rings is 1. The van der Waals surface area contributed by atoms with Crippen LogP contribution in [0, 0.1) is 0 Å². The topological polar surface area (TPSA) is 55.1 Å². The van der Waals surface area contributed by atoms with E-state index in [0.29, 0.717) is 11.0 Å². The van der Waals surface area contributed by atoms with Gasteiger partial charge in [-0.05, 0) is 12.1 Å². The van der Waals surface area contributed by atoms with Gasteiger partial charge in [-0.3, -0.25) is 4.79 Å². The standard InChI is InChI=1S/C12H11Cl3N2O2/c1-17-9-5-3-2-4-7(9)16-8(11(17)19)6-10(18)12(13,14)15/h2-5,10,18H,6H2,1H3/t10-/m1/s1. The third-order valence-electron chi connectivity index (χ3n) is 2.81. The molecule has 1 heterocycles. The van der Waals surface area contributed by atoms with Crippen LogP contribution in [0.25, 0.3) is 11.0 Å². The van der Waals surface area contributed by atoms with Crippen LogP contribution in [0.4, 0.5) is 0 Å². The van der Waals surface area contributed by atoms with Crippen LogP contribution < -0.4 is 5.56 Å². The van der Waals surface area contributed by atoms with Crippen LogP contribution in [0.3, 0.4) is 0 Å². The van der Waals surface area contributed by atoms with E-state index in [2.05, 4.69) is 4.98 Å². The van der Waals surface area contributed by atoms with Crippen molar-refractivity contribution in [1.29, 1.82) is 0 Å². The van der Waals surface area contributed by atoms with Crippen molar-refractivity contribution in [3.05, 3.63) is 40.3 Å². The van der Waals surface area contributed by atoms with E-state index >= 15 is 0 Å². The molecule has 1 aromatic carbocycles. The number of rotatable bonds is 2. The summed E-state index contributed by atoms with van der Waals surface area (Å²) in [6, 6.07) is 7.20. The van der Waals surface area contributed by atoms with Gasteiger partial charge in [0.1, 0.15) is 11.8 Å². The van der Waals surface area contributed by atoms with Crippen molar-refractivity contribution < 1.29 is 5.11 Å². The number of fused-ring (bicyclic) bond motifs is 1. The Bertz CT molecular complexity index is 664. The van der Waals surface area contributed by atoms with E-state index in [1.165, 1.54) is 4.57 Å². The first-order valence-electron chi connectivity index (χ1n) is 5.50. The smallest absolute Gasteiger partial charge is 0.272 e. The van der Waals surface area contributed by atoms with Gasteiger partial charge in [-0.15, -0.1) is 0 Å². The van der Waals surface area contributed by atoms with Crippen LogP contribution in [-0.2, 0) is 13.5 Å². The summed E-state index contributed by atoms with van der Waals surface area (Å²) in [6.07, 6.45) is -1.41. The number of alkyl halides is 3. The third kappa shape index (κ3) is 3.03. The molecule has 0 spiro atoms. The summed E-state index contributed by atoms with van der Waals surface area (Å²) in [5.41, 5.74) is 1.21. The summed E-state index contributed by atoms with van der Waals surface area (Å²) < 4.78 is -0.388. The zero-order valence-corrected chi connectivity index (χ0v) is 12.2. The van der Waals surface area contributed by atoms with Crippen molar-refractivity contribution in [3.8, 4) is 0 Å². The minimum absolute atomic E-state index is 0.117. The maximum absolute atomic E-state index is 12.1. The van der Waals surface area contributed by atoms with Crippen molar-refractivity contribution in [3.63, 3.8) is 0 Å². The number of aliphatic hydroxyl groups excluding tert-OH is 1. The summed E-state index contributed by atoms with van der Waals surface area (Å²) in [6.45, 7) is 0. The van der Waals surface area contributed by atoms with Gasteiger partial charge in [0.15, 0.2) is 0 Å². The largest absolute Gasteiger partial charge is 0.388 e. The zero-order chi connectivity index (χ0) is 14.2. The van der Waals surface area contributed by atoms with Crippen LogP contribution in [0.15, 0.2) is 29.1 Å². The lowest BCUT2D eigenvalue weighted by molar-refractivity contribution is 0.177. The fourth-order valence-electron chi connectivity index (χ4n) is 1.77. The maximum Gasteiger partial charge on any atom is 0.272 e. The van der Waals surface area contributed by atoms with Crippen LogP contribution in [-0.4, -0.2) is 24.6 Å². The summed E-state index contributed by atoms with van der Waals surface area (Å²) in [5.74, 6) is 0. The first kappa shape index (κ1) is 14.6. The molecule has 0 amide bonds. The highest BCUT2D eigenvalue weighted by Gasteiger charge is 2.32. The van der Waals surface area contributed by atoms with Crippen molar-refractivity contribution in [1.82, 2.24) is 9.55 Å². The molecule has 2 aromatic rings. The van der Waals surface area contributed by atoms with Gasteiger partial charge in [0, 0.05) is 13.5 Å². The Morgan fingerprint density at radius 2 is 2.00 bits per heavy atom. The SMILES string of the molecule is Cn1c(=O)c(C[C@@H](O)C(Cl)(Cl)Cl)nc2ccccc21. The second-order valence-electron chi connectivity index (χ2n) is 4.17. The molecule has 1 aromatic heterocycles. The average Bonchev–Trinajstić information content (AvgIpc) is 2.34. The summed E-state index contributed by atoms with van der Waals surface area (Å²) >= 11 is 16.8. The normalized spacial score (nSPS) is 13.7. The minimum Gasteiger partial charge on any atom is -0.388 e. The second kappa shape index (κ2) is 5.29. The number of hydrogen-bond acceptors (Lipinski definition) is 3. The van der Waals surface area contributed by atoms with Gasteiger partial charge < -0.3 is 9.67 Å². The first-order chi connectivity index (χ1) is 8.80. The quantitative estimate of drug-likeness (QED) is 0.863. The molecule has 4 nitrogen and oxygen atoms in total. The monoisotopic (exact) mass is 320 g/mol. The van der Waals surface area contributed by atoms with E-state index in [-0.39, 0.29) is 17.7 Å². The van der Waals surface area contributed by atoms with Gasteiger partial charge in [-0.2, -0.15) is 0 Å². The van der Waals surface area contributed by atoms with Crippen LogP contribution in [0.1, 0.15) is 5.69 Å². The number of hydrogen-bond donors (Lipinski definition) is 1. The Morgan fingerprint density at radius 1 is 1.37 bits per heavy atom. The molecule has 0 aliphatic carbocycles. The van der Waals surface area contributed by atoms with Crippen LogP contribution >= 0.6 is 34.8 Å². The molecule has 1 N–H and O–H groups in total. The van der Waals surface area contributed by atoms with E-state index in [0.717, 1.165) is 0 Å². The molecular formula is C12H11Cl3N2O2. The zero-order valence-electron chi connectivity index (χ0n) is 9.98. The molecule has 0 aliphatic rings. The predicted octanol–water partition coefficient (Wildman–Crippen LogP) is 2.21.